The first-order valence-corrected chi connectivity index (χ1v) is 10.3. The van der Waals surface area contributed by atoms with Crippen LogP contribution in [0.5, 0.6) is 0 Å². The lowest BCUT2D eigenvalue weighted by Gasteiger charge is -2.11. The van der Waals surface area contributed by atoms with Crippen molar-refractivity contribution in [2.45, 2.75) is 17.9 Å². The number of hydrogen-bond acceptors (Lipinski definition) is 4. The average Bonchev–Trinajstić information content (AvgIpc) is 3.07. The number of rotatable bonds is 6. The van der Waals surface area contributed by atoms with E-state index in [9.17, 15) is 13.2 Å². The maximum Gasteiger partial charge on any atom is 0.261 e. The summed E-state index contributed by atoms with van der Waals surface area (Å²) in [4.78, 5) is 11.6. The quantitative estimate of drug-likeness (QED) is 0.597. The summed E-state index contributed by atoms with van der Waals surface area (Å²) in [7, 11) is -3.73. The van der Waals surface area contributed by atoms with E-state index in [1.807, 2.05) is 42.5 Å². The molecular formula is C21H19N3O3S. The van der Waals surface area contributed by atoms with Crippen molar-refractivity contribution in [3.8, 4) is 0 Å². The minimum atomic E-state index is -3.73. The minimum Gasteiger partial charge on any atom is -0.381 e. The number of hydrogen-bond donors (Lipinski definition) is 3. The molecule has 0 aromatic heterocycles. The van der Waals surface area contributed by atoms with Gasteiger partial charge in [-0.05, 0) is 53.6 Å². The van der Waals surface area contributed by atoms with Crippen LogP contribution in [0.4, 0.5) is 17.1 Å². The number of nitrogens with one attached hydrogen (secondary N) is 3. The molecule has 4 rings (SSSR count). The van der Waals surface area contributed by atoms with E-state index in [0.29, 0.717) is 23.5 Å². The molecule has 6 nitrogen and oxygen atoms in total. The predicted octanol–water partition coefficient (Wildman–Crippen LogP) is 3.59. The van der Waals surface area contributed by atoms with Gasteiger partial charge in [-0.3, -0.25) is 9.52 Å². The standard InChI is InChI=1S/C21H19N3O3S/c25-21-13-16-12-19(10-11-20(16)23-21)28(26,27)24-18-8-6-17(7-9-18)22-14-15-4-2-1-3-5-15/h1-12,22,24H,13-14H2,(H,23,25). The monoisotopic (exact) mass is 393 g/mol. The zero-order valence-electron chi connectivity index (χ0n) is 15.0. The lowest BCUT2D eigenvalue weighted by atomic mass is 10.2. The summed E-state index contributed by atoms with van der Waals surface area (Å²) in [6, 6.07) is 21.7. The van der Waals surface area contributed by atoms with E-state index in [0.717, 1.165) is 11.3 Å². The summed E-state index contributed by atoms with van der Waals surface area (Å²) >= 11 is 0. The summed E-state index contributed by atoms with van der Waals surface area (Å²) < 4.78 is 27.9. The molecule has 0 fully saturated rings. The molecule has 0 unspecified atom stereocenters. The van der Waals surface area contributed by atoms with E-state index in [4.69, 9.17) is 0 Å². The number of fused-ring (bicyclic) bond motifs is 1. The van der Waals surface area contributed by atoms with Gasteiger partial charge in [0.05, 0.1) is 11.3 Å². The highest BCUT2D eigenvalue weighted by molar-refractivity contribution is 7.92. The van der Waals surface area contributed by atoms with Gasteiger partial charge in [-0.1, -0.05) is 30.3 Å². The van der Waals surface area contributed by atoms with Crippen LogP contribution < -0.4 is 15.4 Å². The van der Waals surface area contributed by atoms with E-state index < -0.39 is 10.0 Å². The Hall–Kier alpha value is -3.32. The van der Waals surface area contributed by atoms with Crippen molar-refractivity contribution in [3.63, 3.8) is 0 Å². The third kappa shape index (κ3) is 3.99. The topological polar surface area (TPSA) is 87.3 Å². The number of carbonyl (C=O) groups excluding carboxylic acids is 1. The second-order valence-electron chi connectivity index (χ2n) is 6.57. The second kappa shape index (κ2) is 7.36. The number of anilines is 3. The van der Waals surface area contributed by atoms with Crippen molar-refractivity contribution >= 4 is 33.0 Å². The third-order valence-electron chi connectivity index (χ3n) is 4.49. The van der Waals surface area contributed by atoms with Crippen molar-refractivity contribution < 1.29 is 13.2 Å². The fourth-order valence-corrected chi connectivity index (χ4v) is 4.15. The second-order valence-corrected chi connectivity index (χ2v) is 8.25. The van der Waals surface area contributed by atoms with Gasteiger partial charge < -0.3 is 10.6 Å². The highest BCUT2D eigenvalue weighted by Gasteiger charge is 2.21. The van der Waals surface area contributed by atoms with Gasteiger partial charge in [-0.2, -0.15) is 0 Å². The molecule has 142 valence electrons. The third-order valence-corrected chi connectivity index (χ3v) is 5.87. The van der Waals surface area contributed by atoms with Crippen LogP contribution in [0.1, 0.15) is 11.1 Å². The number of benzene rings is 3. The number of sulfonamides is 1. The van der Waals surface area contributed by atoms with Gasteiger partial charge in [0.25, 0.3) is 10.0 Å². The van der Waals surface area contributed by atoms with Crippen molar-refractivity contribution in [1.29, 1.82) is 0 Å². The Kier molecular flexibility index (Phi) is 4.75. The van der Waals surface area contributed by atoms with Gasteiger partial charge in [-0.25, -0.2) is 8.42 Å². The molecule has 7 heteroatoms. The van der Waals surface area contributed by atoms with Crippen LogP contribution in [-0.4, -0.2) is 14.3 Å². The predicted molar refractivity (Wildman–Crippen MR) is 110 cm³/mol. The van der Waals surface area contributed by atoms with Crippen molar-refractivity contribution in [3.05, 3.63) is 83.9 Å². The number of amides is 1. The fourth-order valence-electron chi connectivity index (χ4n) is 3.04. The van der Waals surface area contributed by atoms with Crippen LogP contribution in [0.3, 0.4) is 0 Å². The first kappa shape index (κ1) is 18.1. The Morgan fingerprint density at radius 2 is 1.61 bits per heavy atom. The highest BCUT2D eigenvalue weighted by Crippen LogP contribution is 2.27. The molecule has 28 heavy (non-hydrogen) atoms. The Balaban J connectivity index is 1.43. The Morgan fingerprint density at radius 3 is 2.36 bits per heavy atom. The van der Waals surface area contributed by atoms with Gasteiger partial charge in [0.2, 0.25) is 5.91 Å². The Labute approximate surface area is 163 Å². The van der Waals surface area contributed by atoms with E-state index in [2.05, 4.69) is 15.4 Å². The van der Waals surface area contributed by atoms with Crippen LogP contribution in [0.15, 0.2) is 77.7 Å². The fraction of sp³-hybridized carbons (Fsp3) is 0.0952. The highest BCUT2D eigenvalue weighted by atomic mass is 32.2. The normalized spacial score (nSPS) is 12.9. The molecule has 0 bridgehead atoms. The molecule has 0 radical (unpaired) electrons. The van der Waals surface area contributed by atoms with Crippen molar-refractivity contribution in [2.75, 3.05) is 15.4 Å². The van der Waals surface area contributed by atoms with Crippen molar-refractivity contribution in [1.82, 2.24) is 0 Å². The lowest BCUT2D eigenvalue weighted by molar-refractivity contribution is -0.115. The van der Waals surface area contributed by atoms with Gasteiger partial charge >= 0.3 is 0 Å². The average molecular weight is 393 g/mol. The molecule has 1 aliphatic rings. The molecule has 1 heterocycles. The maximum atomic E-state index is 12.6. The molecule has 0 aliphatic carbocycles. The molecule has 1 amide bonds. The number of carbonyl (C=O) groups is 1. The van der Waals surface area contributed by atoms with Crippen molar-refractivity contribution in [2.24, 2.45) is 0 Å². The summed E-state index contributed by atoms with van der Waals surface area (Å²) in [5, 5.41) is 5.99. The van der Waals surface area contributed by atoms with Gasteiger partial charge in [0, 0.05) is 23.6 Å². The molecule has 0 spiro atoms. The van der Waals surface area contributed by atoms with Crippen LogP contribution in [0, 0.1) is 0 Å². The largest absolute Gasteiger partial charge is 0.381 e. The minimum absolute atomic E-state index is 0.129. The Morgan fingerprint density at radius 1 is 0.893 bits per heavy atom. The summed E-state index contributed by atoms with van der Waals surface area (Å²) in [5.41, 5.74) is 3.89. The molecule has 3 N–H and O–H groups in total. The van der Waals surface area contributed by atoms with Crippen LogP contribution in [0.25, 0.3) is 0 Å². The van der Waals surface area contributed by atoms with Crippen LogP contribution in [0.2, 0.25) is 0 Å². The zero-order chi connectivity index (χ0) is 19.6. The molecule has 0 atom stereocenters. The molecule has 1 aliphatic heterocycles. The van der Waals surface area contributed by atoms with Crippen LogP contribution in [-0.2, 0) is 27.8 Å². The molecule has 3 aromatic rings. The van der Waals surface area contributed by atoms with Gasteiger partial charge in [0.15, 0.2) is 0 Å². The first-order valence-electron chi connectivity index (χ1n) is 8.83. The van der Waals surface area contributed by atoms with Gasteiger partial charge in [-0.15, -0.1) is 0 Å². The summed E-state index contributed by atoms with van der Waals surface area (Å²) in [6.07, 6.45) is 0.195. The SMILES string of the molecule is O=C1Cc2cc(S(=O)(=O)Nc3ccc(NCc4ccccc4)cc3)ccc2N1. The molecule has 3 aromatic carbocycles. The molecule has 0 saturated heterocycles. The lowest BCUT2D eigenvalue weighted by Crippen LogP contribution is -2.13. The maximum absolute atomic E-state index is 12.6. The smallest absolute Gasteiger partial charge is 0.261 e. The van der Waals surface area contributed by atoms with Crippen LogP contribution >= 0.6 is 0 Å². The first-order chi connectivity index (χ1) is 13.5. The van der Waals surface area contributed by atoms with E-state index in [-0.39, 0.29) is 17.2 Å². The van der Waals surface area contributed by atoms with E-state index in [1.165, 1.54) is 12.1 Å². The molecular weight excluding hydrogens is 374 g/mol. The van der Waals surface area contributed by atoms with E-state index in [1.54, 1.807) is 18.2 Å². The zero-order valence-corrected chi connectivity index (χ0v) is 15.8. The van der Waals surface area contributed by atoms with Gasteiger partial charge in [0.1, 0.15) is 0 Å². The summed E-state index contributed by atoms with van der Waals surface area (Å²) in [6.45, 7) is 0.688. The summed E-state index contributed by atoms with van der Waals surface area (Å²) in [5.74, 6) is -0.129. The van der Waals surface area contributed by atoms with E-state index >= 15 is 0 Å². The Bertz CT molecular complexity index is 1110. The molecule has 0 saturated carbocycles.